The molecular formula is C23H24BrN3O2. The summed E-state index contributed by atoms with van der Waals surface area (Å²) in [6.45, 7) is 6.09. The number of Topliss-reactive ketones (excluding diaryl/α,β-unsaturated/α-hetero) is 1. The lowest BCUT2D eigenvalue weighted by Gasteiger charge is -2.39. The minimum atomic E-state index is -0.746. The van der Waals surface area contributed by atoms with Gasteiger partial charge in [0.1, 0.15) is 0 Å². The quantitative estimate of drug-likeness (QED) is 0.442. The predicted octanol–water partition coefficient (Wildman–Crippen LogP) is 6.20. The van der Waals surface area contributed by atoms with Gasteiger partial charge >= 0.3 is 0 Å². The van der Waals surface area contributed by atoms with E-state index < -0.39 is 21.1 Å². The number of alkyl halides is 1. The molecule has 5 nitrogen and oxygen atoms in total. The topological polar surface area (TPSA) is 70.9 Å². The Morgan fingerprint density at radius 2 is 1.55 bits per heavy atom. The van der Waals surface area contributed by atoms with E-state index in [1.165, 1.54) is 0 Å². The summed E-state index contributed by atoms with van der Waals surface area (Å²) in [5.74, 6) is 0.0400. The van der Waals surface area contributed by atoms with E-state index in [9.17, 15) is 9.59 Å². The van der Waals surface area contributed by atoms with Crippen molar-refractivity contribution in [2.24, 2.45) is 26.5 Å². The van der Waals surface area contributed by atoms with Gasteiger partial charge in [-0.05, 0) is 54.7 Å². The smallest absolute Gasteiger partial charge is 0.232 e. The first-order valence-electron chi connectivity index (χ1n) is 9.79. The molecular weight excluding hydrogens is 430 g/mol. The number of amides is 1. The van der Waals surface area contributed by atoms with Crippen LogP contribution in [0.1, 0.15) is 33.6 Å². The average molecular weight is 454 g/mol. The maximum atomic E-state index is 13.4. The Balaban J connectivity index is 1.52. The van der Waals surface area contributed by atoms with Crippen molar-refractivity contribution >= 4 is 44.7 Å². The van der Waals surface area contributed by atoms with Crippen molar-refractivity contribution in [1.29, 1.82) is 0 Å². The summed E-state index contributed by atoms with van der Waals surface area (Å²) >= 11 is 3.56. The summed E-state index contributed by atoms with van der Waals surface area (Å²) in [6, 6.07) is 16.8. The lowest BCUT2D eigenvalue weighted by atomic mass is 9.64. The zero-order valence-corrected chi connectivity index (χ0v) is 18.4. The van der Waals surface area contributed by atoms with Crippen LogP contribution in [0, 0.1) is 16.2 Å². The number of hydrogen-bond acceptors (Lipinski definition) is 4. The number of nitrogens with zero attached hydrogens (tertiary/aromatic N) is 2. The molecule has 1 N–H and O–H groups in total. The highest BCUT2D eigenvalue weighted by atomic mass is 79.9. The molecule has 6 heteroatoms. The van der Waals surface area contributed by atoms with Crippen LogP contribution in [0.2, 0.25) is 0 Å². The van der Waals surface area contributed by atoms with Gasteiger partial charge in [-0.25, -0.2) is 0 Å². The van der Waals surface area contributed by atoms with E-state index in [1.807, 2.05) is 75.4 Å². The van der Waals surface area contributed by atoms with E-state index in [-0.39, 0.29) is 11.7 Å². The molecule has 0 aliphatic heterocycles. The number of rotatable bonds is 4. The number of ketones is 1. The van der Waals surface area contributed by atoms with Crippen LogP contribution in [-0.4, -0.2) is 16.5 Å². The lowest BCUT2D eigenvalue weighted by molar-refractivity contribution is -0.130. The molecule has 3 atom stereocenters. The van der Waals surface area contributed by atoms with Gasteiger partial charge in [0.05, 0.1) is 21.6 Å². The number of azo groups is 1. The van der Waals surface area contributed by atoms with Crippen molar-refractivity contribution in [1.82, 2.24) is 0 Å². The third-order valence-electron chi connectivity index (χ3n) is 7.29. The van der Waals surface area contributed by atoms with Crippen LogP contribution in [0.25, 0.3) is 0 Å². The number of fused-ring (bicyclic) bond motifs is 2. The molecule has 0 saturated heterocycles. The van der Waals surface area contributed by atoms with Crippen molar-refractivity contribution in [3.05, 3.63) is 54.6 Å². The van der Waals surface area contributed by atoms with Gasteiger partial charge in [-0.15, -0.1) is 0 Å². The van der Waals surface area contributed by atoms with E-state index in [2.05, 4.69) is 31.5 Å². The number of carbonyl (C=O) groups excluding carboxylic acids is 2. The average Bonchev–Trinajstić information content (AvgIpc) is 2.99. The Hall–Kier alpha value is -2.34. The van der Waals surface area contributed by atoms with E-state index >= 15 is 0 Å². The number of carbonyl (C=O) groups is 2. The summed E-state index contributed by atoms with van der Waals surface area (Å²) in [4.78, 5) is 25.8. The van der Waals surface area contributed by atoms with Gasteiger partial charge in [0.2, 0.25) is 5.91 Å². The van der Waals surface area contributed by atoms with Crippen molar-refractivity contribution in [2.75, 3.05) is 5.32 Å². The Bertz CT molecular complexity index is 987. The molecule has 2 fully saturated rings. The van der Waals surface area contributed by atoms with Crippen LogP contribution in [0.5, 0.6) is 0 Å². The van der Waals surface area contributed by atoms with Crippen LogP contribution in [0.15, 0.2) is 64.8 Å². The van der Waals surface area contributed by atoms with E-state index in [4.69, 9.17) is 0 Å². The third-order valence-corrected chi connectivity index (χ3v) is 8.49. The number of halogens is 1. The van der Waals surface area contributed by atoms with Crippen LogP contribution >= 0.6 is 15.9 Å². The standard InChI is InChI=1S/C23H24BrN3O2/c1-21(2)22(3)13-14-23(21,18(24)19(22)28)20(29)25-15-9-11-17(12-10-15)27-26-16-7-5-4-6-8-16/h4-12,18H,13-14H2,1-3H3,(H,25,29)/t18-,22+,23-/m1/s1. The highest BCUT2D eigenvalue weighted by Gasteiger charge is 2.76. The molecule has 0 radical (unpaired) electrons. The summed E-state index contributed by atoms with van der Waals surface area (Å²) in [6.07, 6.45) is 1.44. The molecule has 2 aromatic carbocycles. The van der Waals surface area contributed by atoms with Crippen molar-refractivity contribution in [2.45, 2.75) is 38.4 Å². The number of anilines is 1. The van der Waals surface area contributed by atoms with Gasteiger partial charge in [-0.3, -0.25) is 9.59 Å². The Kier molecular flexibility index (Phi) is 4.73. The molecule has 0 spiro atoms. The molecule has 0 heterocycles. The molecule has 2 bridgehead atoms. The van der Waals surface area contributed by atoms with Crippen LogP contribution in [0.4, 0.5) is 17.1 Å². The van der Waals surface area contributed by atoms with Crippen molar-refractivity contribution in [3.63, 3.8) is 0 Å². The Labute approximate surface area is 179 Å². The maximum Gasteiger partial charge on any atom is 0.232 e. The summed E-state index contributed by atoms with van der Waals surface area (Å²) in [5.41, 5.74) is 0.536. The van der Waals surface area contributed by atoms with Gasteiger partial charge in [0, 0.05) is 11.1 Å². The Morgan fingerprint density at radius 3 is 2.10 bits per heavy atom. The van der Waals surface area contributed by atoms with E-state index in [0.29, 0.717) is 17.8 Å². The maximum absolute atomic E-state index is 13.4. The summed E-state index contributed by atoms with van der Waals surface area (Å²) < 4.78 is 0. The van der Waals surface area contributed by atoms with Crippen molar-refractivity contribution < 1.29 is 9.59 Å². The van der Waals surface area contributed by atoms with Gasteiger partial charge in [0.15, 0.2) is 5.78 Å². The molecule has 2 saturated carbocycles. The second-order valence-corrected chi connectivity index (χ2v) is 9.61. The van der Waals surface area contributed by atoms with Gasteiger partial charge in [-0.1, -0.05) is 54.9 Å². The molecule has 0 aromatic heterocycles. The minimum Gasteiger partial charge on any atom is -0.326 e. The molecule has 2 aromatic rings. The van der Waals surface area contributed by atoms with Gasteiger partial charge in [-0.2, -0.15) is 10.2 Å². The normalized spacial score (nSPS) is 30.1. The van der Waals surface area contributed by atoms with E-state index in [0.717, 1.165) is 12.1 Å². The third kappa shape index (κ3) is 2.80. The lowest BCUT2D eigenvalue weighted by Crippen LogP contribution is -2.47. The summed E-state index contributed by atoms with van der Waals surface area (Å²) in [7, 11) is 0. The first-order chi connectivity index (χ1) is 13.7. The number of nitrogens with one attached hydrogen (secondary N) is 1. The monoisotopic (exact) mass is 453 g/mol. The second-order valence-electron chi connectivity index (χ2n) is 8.69. The van der Waals surface area contributed by atoms with Crippen molar-refractivity contribution in [3.8, 4) is 0 Å². The molecule has 2 aliphatic carbocycles. The van der Waals surface area contributed by atoms with Crippen LogP contribution < -0.4 is 5.32 Å². The predicted molar refractivity (Wildman–Crippen MR) is 117 cm³/mol. The van der Waals surface area contributed by atoms with Crippen LogP contribution in [0.3, 0.4) is 0 Å². The SMILES string of the molecule is CC1(C)[C@@]2(C)CC[C@]1(C(=O)Nc1ccc(N=Nc3ccccc3)cc1)[C@H](Br)C2=O. The fraction of sp³-hybridized carbons (Fsp3) is 0.391. The molecule has 150 valence electrons. The molecule has 0 unspecified atom stereocenters. The molecule has 1 amide bonds. The zero-order valence-electron chi connectivity index (χ0n) is 16.8. The van der Waals surface area contributed by atoms with Crippen LogP contribution in [-0.2, 0) is 9.59 Å². The first kappa shape index (κ1) is 20.0. The van der Waals surface area contributed by atoms with E-state index in [1.54, 1.807) is 0 Å². The Morgan fingerprint density at radius 1 is 0.966 bits per heavy atom. The first-order valence-corrected chi connectivity index (χ1v) is 10.7. The highest BCUT2D eigenvalue weighted by molar-refractivity contribution is 9.10. The largest absolute Gasteiger partial charge is 0.326 e. The molecule has 4 rings (SSSR count). The minimum absolute atomic E-state index is 0.0994. The molecule has 29 heavy (non-hydrogen) atoms. The number of hydrogen-bond donors (Lipinski definition) is 1. The molecule has 2 aliphatic rings. The second kappa shape index (κ2) is 6.87. The zero-order chi connectivity index (χ0) is 20.9. The highest BCUT2D eigenvalue weighted by Crippen LogP contribution is 2.72. The van der Waals surface area contributed by atoms with Gasteiger partial charge < -0.3 is 5.32 Å². The fourth-order valence-corrected chi connectivity index (χ4v) is 6.43. The summed E-state index contributed by atoms with van der Waals surface area (Å²) in [5, 5.41) is 11.5. The number of benzene rings is 2. The fourth-order valence-electron chi connectivity index (χ4n) is 4.92. The van der Waals surface area contributed by atoms with Gasteiger partial charge in [0.25, 0.3) is 0 Å².